The molecule has 6 atom stereocenters. The number of aliphatic hydroxyl groups excluding tert-OH is 1. The van der Waals surface area contributed by atoms with Crippen LogP contribution in [0.4, 0.5) is 0 Å². The molecule has 15 heteroatoms. The van der Waals surface area contributed by atoms with Gasteiger partial charge in [-0.05, 0) is 6.42 Å². The zero-order valence-corrected chi connectivity index (χ0v) is 18.0. The minimum absolute atomic E-state index is 0.263. The van der Waals surface area contributed by atoms with E-state index < -0.39 is 42.3 Å². The first-order chi connectivity index (χ1) is 12.2. The normalized spacial score (nSPS) is 29.1. The lowest BCUT2D eigenvalue weighted by Gasteiger charge is -2.33. The van der Waals surface area contributed by atoms with Crippen molar-refractivity contribution in [1.29, 1.82) is 0 Å². The van der Waals surface area contributed by atoms with Crippen LogP contribution in [-0.2, 0) is 31.6 Å². The lowest BCUT2D eigenvalue weighted by atomic mass is 10.1. The molecule has 2 N–H and O–H groups in total. The fraction of sp³-hybridized carbons (Fsp3) is 1.00. The number of hydrogen-bond acceptors (Lipinski definition) is 11. The third-order valence-corrected chi connectivity index (χ3v) is 6.90. The summed E-state index contributed by atoms with van der Waals surface area (Å²) in [5.74, 6) is 0. The molecule has 1 rings (SSSR count). The molecule has 0 spiro atoms. The van der Waals surface area contributed by atoms with Gasteiger partial charge in [0, 0.05) is 6.42 Å². The molecule has 1 saturated heterocycles. The van der Waals surface area contributed by atoms with Gasteiger partial charge in [0.1, 0.15) is 6.10 Å². The molecule has 27 heavy (non-hydrogen) atoms. The van der Waals surface area contributed by atoms with Crippen LogP contribution in [0.2, 0.25) is 0 Å². The second kappa shape index (κ2) is 12.1. The standard InChI is InChI=1S/C8H19O12P3.C4H10/c1-2-3-6-4-7(9)8(18-6)5-17-22(13,14)20-23(15,16)19-21(10,11)12;1-3-4-2/h6-9H,2-5H2,1H3,(H,13,14)(H,15,16)(H2,10,11,12);3-4H2,1-2H3/p-3/t6-,7+,8+;/m0./s1. The number of aliphatic hydroxyl groups is 1. The number of hydrogen-bond donors (Lipinski definition) is 2. The van der Waals surface area contributed by atoms with E-state index >= 15 is 0 Å². The first-order valence-corrected chi connectivity index (χ1v) is 12.7. The summed E-state index contributed by atoms with van der Waals surface area (Å²) in [5, 5.41) is 9.68. The molecule has 1 heterocycles. The van der Waals surface area contributed by atoms with Crippen LogP contribution < -0.4 is 14.7 Å². The van der Waals surface area contributed by atoms with Crippen molar-refractivity contribution in [2.24, 2.45) is 0 Å². The van der Waals surface area contributed by atoms with Gasteiger partial charge in [0.15, 0.2) is 0 Å². The highest BCUT2D eigenvalue weighted by Crippen LogP contribution is 2.61. The quantitative estimate of drug-likeness (QED) is 0.435. The Labute approximate surface area is 158 Å². The molecule has 0 bridgehead atoms. The zero-order valence-electron chi connectivity index (χ0n) is 15.3. The molecular weight excluding hydrogens is 429 g/mol. The van der Waals surface area contributed by atoms with Gasteiger partial charge in [-0.1, -0.05) is 40.0 Å². The maximum atomic E-state index is 11.3. The Kier molecular flexibility index (Phi) is 12.3. The van der Waals surface area contributed by atoms with E-state index in [1.807, 2.05) is 6.92 Å². The van der Waals surface area contributed by atoms with Gasteiger partial charge >= 0.3 is 0 Å². The predicted octanol–water partition coefficient (Wildman–Crippen LogP) is 0.559. The Morgan fingerprint density at radius 1 is 1.00 bits per heavy atom. The van der Waals surface area contributed by atoms with Crippen LogP contribution in [0.3, 0.4) is 0 Å². The smallest absolute Gasteiger partial charge is 0.280 e. The molecular formula is C12H26O12P3-3. The van der Waals surface area contributed by atoms with Gasteiger partial charge in [0.05, 0.1) is 18.8 Å². The molecule has 0 aromatic carbocycles. The van der Waals surface area contributed by atoms with Crippen molar-refractivity contribution in [2.45, 2.75) is 71.2 Å². The molecule has 1 aliphatic heterocycles. The van der Waals surface area contributed by atoms with E-state index in [1.165, 1.54) is 12.8 Å². The maximum absolute atomic E-state index is 11.3. The van der Waals surface area contributed by atoms with Crippen molar-refractivity contribution in [2.75, 3.05) is 6.61 Å². The average molecular weight is 455 g/mol. The number of ether oxygens (including phenoxy) is 1. The summed E-state index contributed by atoms with van der Waals surface area (Å²) in [6.07, 6.45) is 2.00. The van der Waals surface area contributed by atoms with E-state index in [1.54, 1.807) is 0 Å². The summed E-state index contributed by atoms with van der Waals surface area (Å²) >= 11 is 0. The summed E-state index contributed by atoms with van der Waals surface area (Å²) in [6, 6.07) is 0. The van der Waals surface area contributed by atoms with Gasteiger partial charge in [-0.3, -0.25) is 13.7 Å². The van der Waals surface area contributed by atoms with Gasteiger partial charge < -0.3 is 33.9 Å². The van der Waals surface area contributed by atoms with Crippen LogP contribution in [0.5, 0.6) is 0 Å². The number of unbranched alkanes of at least 4 members (excludes halogenated alkanes) is 1. The lowest BCUT2D eigenvalue weighted by molar-refractivity contribution is -0.250. The highest BCUT2D eigenvalue weighted by atomic mass is 31.3. The second-order valence-electron chi connectivity index (χ2n) is 5.71. The highest BCUT2D eigenvalue weighted by Gasteiger charge is 2.35. The Morgan fingerprint density at radius 2 is 1.56 bits per heavy atom. The molecule has 0 aromatic heterocycles. The van der Waals surface area contributed by atoms with E-state index in [0.29, 0.717) is 6.42 Å². The van der Waals surface area contributed by atoms with E-state index in [-0.39, 0.29) is 12.5 Å². The minimum atomic E-state index is -5.91. The number of phosphoric acid groups is 3. The zero-order chi connectivity index (χ0) is 21.3. The minimum Gasteiger partial charge on any atom is -0.756 e. The van der Waals surface area contributed by atoms with Gasteiger partial charge in [-0.25, -0.2) is 8.62 Å². The number of rotatable bonds is 10. The monoisotopic (exact) mass is 455 g/mol. The van der Waals surface area contributed by atoms with Gasteiger partial charge in [0.2, 0.25) is 0 Å². The fourth-order valence-electron chi connectivity index (χ4n) is 1.92. The summed E-state index contributed by atoms with van der Waals surface area (Å²) in [4.78, 5) is 40.8. The topological polar surface area (TPSA) is 198 Å². The summed E-state index contributed by atoms with van der Waals surface area (Å²) < 4.78 is 48.7. The van der Waals surface area contributed by atoms with E-state index in [4.69, 9.17) is 9.63 Å². The summed E-state index contributed by atoms with van der Waals surface area (Å²) in [7, 11) is -17.2. The van der Waals surface area contributed by atoms with Crippen molar-refractivity contribution in [3.05, 3.63) is 0 Å². The predicted molar refractivity (Wildman–Crippen MR) is 87.9 cm³/mol. The number of phosphoric ester groups is 1. The summed E-state index contributed by atoms with van der Waals surface area (Å²) in [5.41, 5.74) is 0. The van der Waals surface area contributed by atoms with Crippen LogP contribution in [0.1, 0.15) is 52.9 Å². The first kappa shape index (κ1) is 27.3. The SMILES string of the molecule is CCCC.CCC[C@H]1C[C@@H](O)[C@@H](COP(=O)([O-])OP(=O)([O-])OP(=O)([O-])O)O1. The average Bonchev–Trinajstić information content (AvgIpc) is 2.82. The Balaban J connectivity index is 0.00000153. The molecule has 0 saturated carbocycles. The molecule has 3 unspecified atom stereocenters. The van der Waals surface area contributed by atoms with Crippen molar-refractivity contribution in [3.63, 3.8) is 0 Å². The third-order valence-electron chi connectivity index (χ3n) is 3.21. The van der Waals surface area contributed by atoms with Crippen LogP contribution in [0.25, 0.3) is 0 Å². The van der Waals surface area contributed by atoms with Crippen molar-refractivity contribution in [3.8, 4) is 0 Å². The van der Waals surface area contributed by atoms with E-state index in [0.717, 1.165) is 6.42 Å². The molecule has 0 aromatic rings. The lowest BCUT2D eigenvalue weighted by Crippen LogP contribution is -2.27. The molecule has 0 amide bonds. The highest BCUT2D eigenvalue weighted by molar-refractivity contribution is 7.65. The fourth-order valence-corrected chi connectivity index (χ4v) is 4.82. The molecule has 0 radical (unpaired) electrons. The van der Waals surface area contributed by atoms with Crippen LogP contribution >= 0.6 is 23.5 Å². The Hall–Kier alpha value is 0.330. The van der Waals surface area contributed by atoms with E-state index in [2.05, 4.69) is 27.0 Å². The third kappa shape index (κ3) is 13.2. The van der Waals surface area contributed by atoms with Crippen molar-refractivity contribution < 1.29 is 56.3 Å². The van der Waals surface area contributed by atoms with Crippen molar-refractivity contribution in [1.82, 2.24) is 0 Å². The van der Waals surface area contributed by atoms with Crippen molar-refractivity contribution >= 4 is 23.5 Å². The second-order valence-corrected chi connectivity index (χ2v) is 10.0. The van der Waals surface area contributed by atoms with E-state index in [9.17, 15) is 33.5 Å². The molecule has 12 nitrogen and oxygen atoms in total. The Bertz CT molecular complexity index is 562. The first-order valence-electron chi connectivity index (χ1n) is 8.31. The van der Waals surface area contributed by atoms with Gasteiger partial charge in [-0.15, -0.1) is 0 Å². The molecule has 164 valence electrons. The van der Waals surface area contributed by atoms with Gasteiger partial charge in [-0.2, -0.15) is 0 Å². The van der Waals surface area contributed by atoms with Crippen LogP contribution in [-0.4, -0.2) is 34.9 Å². The maximum Gasteiger partial charge on any atom is 0.280 e. The van der Waals surface area contributed by atoms with Gasteiger partial charge in [0.25, 0.3) is 23.5 Å². The molecule has 0 aliphatic carbocycles. The van der Waals surface area contributed by atoms with Crippen LogP contribution in [0.15, 0.2) is 0 Å². The Morgan fingerprint density at radius 3 is 2.00 bits per heavy atom. The molecule has 1 fully saturated rings. The summed E-state index contributed by atoms with van der Waals surface area (Å²) in [6.45, 7) is 5.51. The largest absolute Gasteiger partial charge is 0.756 e. The van der Waals surface area contributed by atoms with Crippen LogP contribution in [0, 0.1) is 0 Å². The molecule has 1 aliphatic rings.